The predicted molar refractivity (Wildman–Crippen MR) is 117 cm³/mol. The van der Waals surface area contributed by atoms with E-state index >= 15 is 0 Å². The number of hydrogen-bond donors (Lipinski definition) is 1. The van der Waals surface area contributed by atoms with Crippen molar-refractivity contribution in [1.29, 1.82) is 0 Å². The van der Waals surface area contributed by atoms with E-state index in [0.717, 1.165) is 34.2 Å². The number of thiocarbonyl (C=S) groups is 1. The fourth-order valence-electron chi connectivity index (χ4n) is 3.26. The summed E-state index contributed by atoms with van der Waals surface area (Å²) < 4.78 is 5.98. The van der Waals surface area contributed by atoms with Gasteiger partial charge in [0, 0.05) is 12.0 Å². The topological polar surface area (TPSA) is 66.8 Å². The normalized spacial score (nSPS) is 18.3. The highest BCUT2D eigenvalue weighted by atomic mass is 32.2. The molecule has 1 atom stereocenters. The van der Waals surface area contributed by atoms with Crippen molar-refractivity contribution in [3.05, 3.63) is 82.3 Å². The van der Waals surface area contributed by atoms with Crippen LogP contribution in [0.2, 0.25) is 0 Å². The number of carbonyl (C=O) groups is 2. The first kappa shape index (κ1) is 19.4. The van der Waals surface area contributed by atoms with Crippen LogP contribution in [0.5, 0.6) is 5.75 Å². The van der Waals surface area contributed by atoms with Crippen molar-refractivity contribution in [3.63, 3.8) is 0 Å². The molecule has 0 aliphatic carbocycles. The summed E-state index contributed by atoms with van der Waals surface area (Å²) in [5, 5.41) is 9.73. The molecule has 0 saturated carbocycles. The largest absolute Gasteiger partial charge is 0.488 e. The standard InChI is InChI=1S/C22H17NO4S2/c24-20-19(12-15-10-16-8-4-5-9-18(16)27-13-15)29-22(28)23(20)17(21(25)26)11-14-6-2-1-3-7-14/h1-10,12,17H,11,13H2,(H,25,26)/b19-12-/t17-/m1/s1. The van der Waals surface area contributed by atoms with Crippen LogP contribution in [0.15, 0.2) is 71.2 Å². The summed E-state index contributed by atoms with van der Waals surface area (Å²) in [5.74, 6) is -0.672. The second kappa shape index (κ2) is 8.23. The highest BCUT2D eigenvalue weighted by Crippen LogP contribution is 2.35. The van der Waals surface area contributed by atoms with Crippen LogP contribution in [0.1, 0.15) is 11.1 Å². The van der Waals surface area contributed by atoms with E-state index in [1.165, 1.54) is 4.90 Å². The lowest BCUT2D eigenvalue weighted by atomic mass is 10.0. The van der Waals surface area contributed by atoms with E-state index in [2.05, 4.69) is 0 Å². The lowest BCUT2D eigenvalue weighted by molar-refractivity contribution is -0.145. The molecule has 2 aliphatic heterocycles. The molecule has 1 saturated heterocycles. The Morgan fingerprint density at radius 3 is 2.69 bits per heavy atom. The Morgan fingerprint density at radius 2 is 1.93 bits per heavy atom. The first-order valence-electron chi connectivity index (χ1n) is 8.99. The minimum absolute atomic E-state index is 0.190. The van der Waals surface area contributed by atoms with Gasteiger partial charge < -0.3 is 9.84 Å². The van der Waals surface area contributed by atoms with E-state index in [-0.39, 0.29) is 16.6 Å². The predicted octanol–water partition coefficient (Wildman–Crippen LogP) is 3.90. The average Bonchev–Trinajstić information content (AvgIpc) is 2.99. The van der Waals surface area contributed by atoms with Crippen LogP contribution in [0, 0.1) is 0 Å². The molecule has 7 heteroatoms. The van der Waals surface area contributed by atoms with Gasteiger partial charge in [-0.25, -0.2) is 4.79 Å². The Hall–Kier alpha value is -2.90. The number of ether oxygens (including phenoxy) is 1. The van der Waals surface area contributed by atoms with Crippen LogP contribution >= 0.6 is 24.0 Å². The summed E-state index contributed by atoms with van der Waals surface area (Å²) in [7, 11) is 0. The van der Waals surface area contributed by atoms with Gasteiger partial charge in [-0.05, 0) is 29.4 Å². The Bertz CT molecular complexity index is 1050. The number of hydrogen-bond acceptors (Lipinski definition) is 5. The molecule has 0 spiro atoms. The Labute approximate surface area is 177 Å². The number of carboxylic acids is 1. The van der Waals surface area contributed by atoms with Gasteiger partial charge in [0.15, 0.2) is 0 Å². The molecule has 2 aromatic rings. The third kappa shape index (κ3) is 4.11. The zero-order valence-electron chi connectivity index (χ0n) is 15.3. The lowest BCUT2D eigenvalue weighted by Gasteiger charge is -2.23. The van der Waals surface area contributed by atoms with Gasteiger partial charge in [-0.3, -0.25) is 9.69 Å². The molecule has 29 heavy (non-hydrogen) atoms. The molecular weight excluding hydrogens is 406 g/mol. The zero-order valence-corrected chi connectivity index (χ0v) is 16.9. The van der Waals surface area contributed by atoms with Crippen LogP contribution in [0.4, 0.5) is 0 Å². The van der Waals surface area contributed by atoms with Crippen molar-refractivity contribution in [2.24, 2.45) is 0 Å². The van der Waals surface area contributed by atoms with Gasteiger partial charge in [-0.15, -0.1) is 0 Å². The van der Waals surface area contributed by atoms with Crippen molar-refractivity contribution >= 4 is 46.3 Å². The Balaban J connectivity index is 1.59. The molecule has 2 aliphatic rings. The molecule has 2 heterocycles. The van der Waals surface area contributed by atoms with Crippen molar-refractivity contribution in [2.75, 3.05) is 6.61 Å². The molecule has 1 fully saturated rings. The molecule has 0 radical (unpaired) electrons. The summed E-state index contributed by atoms with van der Waals surface area (Å²) in [6, 6.07) is 15.8. The highest BCUT2D eigenvalue weighted by Gasteiger charge is 2.40. The number of benzene rings is 2. The lowest BCUT2D eigenvalue weighted by Crippen LogP contribution is -2.45. The first-order valence-corrected chi connectivity index (χ1v) is 10.2. The molecular formula is C22H17NO4S2. The molecule has 1 N–H and O–H groups in total. The third-order valence-electron chi connectivity index (χ3n) is 4.66. The summed E-state index contributed by atoms with van der Waals surface area (Å²) >= 11 is 6.47. The van der Waals surface area contributed by atoms with E-state index in [0.29, 0.717) is 11.5 Å². The van der Waals surface area contributed by atoms with Gasteiger partial charge in [0.25, 0.3) is 5.91 Å². The van der Waals surface area contributed by atoms with Crippen molar-refractivity contribution in [1.82, 2.24) is 4.90 Å². The molecule has 0 aromatic heterocycles. The summed E-state index contributed by atoms with van der Waals surface area (Å²) in [6.45, 7) is 0.341. The van der Waals surface area contributed by atoms with E-state index in [9.17, 15) is 14.7 Å². The van der Waals surface area contributed by atoms with Crippen LogP contribution in [0.25, 0.3) is 6.08 Å². The smallest absolute Gasteiger partial charge is 0.327 e. The van der Waals surface area contributed by atoms with Crippen molar-refractivity contribution in [2.45, 2.75) is 12.5 Å². The van der Waals surface area contributed by atoms with E-state index < -0.39 is 12.0 Å². The highest BCUT2D eigenvalue weighted by molar-refractivity contribution is 8.26. The molecule has 146 valence electrons. The fourth-order valence-corrected chi connectivity index (χ4v) is 4.63. The van der Waals surface area contributed by atoms with Gasteiger partial charge in [0.05, 0.1) is 4.91 Å². The number of rotatable bonds is 5. The summed E-state index contributed by atoms with van der Waals surface area (Å²) in [6.07, 6.45) is 3.88. The van der Waals surface area contributed by atoms with E-state index in [1.54, 1.807) is 6.08 Å². The maximum Gasteiger partial charge on any atom is 0.327 e. The monoisotopic (exact) mass is 423 g/mol. The fraction of sp³-hybridized carbons (Fsp3) is 0.136. The summed E-state index contributed by atoms with van der Waals surface area (Å²) in [4.78, 5) is 26.5. The molecule has 5 nitrogen and oxygen atoms in total. The Morgan fingerprint density at radius 1 is 1.21 bits per heavy atom. The number of thioether (sulfide) groups is 1. The second-order valence-corrected chi connectivity index (χ2v) is 8.32. The van der Waals surface area contributed by atoms with E-state index in [1.807, 2.05) is 60.7 Å². The number of amides is 1. The molecule has 2 aromatic carbocycles. The second-order valence-electron chi connectivity index (χ2n) is 6.64. The van der Waals surface area contributed by atoms with Crippen molar-refractivity contribution in [3.8, 4) is 5.75 Å². The number of para-hydroxylation sites is 1. The first-order chi connectivity index (χ1) is 14.0. The number of aliphatic carboxylic acids is 1. The SMILES string of the molecule is O=C(O)[C@@H](Cc1ccccc1)N1C(=O)/C(=C/C2=Cc3ccccc3OC2)SC1=S. The van der Waals surface area contributed by atoms with Crippen molar-refractivity contribution < 1.29 is 19.4 Å². The van der Waals surface area contributed by atoms with Crippen LogP contribution in [-0.4, -0.2) is 38.9 Å². The third-order valence-corrected chi connectivity index (χ3v) is 5.99. The molecule has 0 bridgehead atoms. The minimum atomic E-state index is -1.08. The maximum atomic E-state index is 13.0. The minimum Gasteiger partial charge on any atom is -0.488 e. The van der Waals surface area contributed by atoms with Gasteiger partial charge in [-0.1, -0.05) is 72.5 Å². The number of carbonyl (C=O) groups excluding carboxylic acids is 1. The van der Waals surface area contributed by atoms with Crippen LogP contribution in [0.3, 0.4) is 0 Å². The maximum absolute atomic E-state index is 13.0. The molecule has 0 unspecified atom stereocenters. The van der Waals surface area contributed by atoms with Gasteiger partial charge >= 0.3 is 5.97 Å². The summed E-state index contributed by atoms with van der Waals surface area (Å²) in [5.41, 5.74) is 2.60. The molecule has 4 rings (SSSR count). The van der Waals surface area contributed by atoms with Gasteiger partial charge in [-0.2, -0.15) is 0 Å². The van der Waals surface area contributed by atoms with Gasteiger partial charge in [0.2, 0.25) is 0 Å². The zero-order chi connectivity index (χ0) is 20.4. The molecule has 1 amide bonds. The van der Waals surface area contributed by atoms with Crippen LogP contribution < -0.4 is 4.74 Å². The average molecular weight is 424 g/mol. The van der Waals surface area contributed by atoms with E-state index in [4.69, 9.17) is 17.0 Å². The number of fused-ring (bicyclic) bond motifs is 1. The quantitative estimate of drug-likeness (QED) is 0.581. The number of nitrogens with zero attached hydrogens (tertiary/aromatic N) is 1. The Kier molecular flexibility index (Phi) is 5.51. The van der Waals surface area contributed by atoms with Crippen LogP contribution in [-0.2, 0) is 16.0 Å². The van der Waals surface area contributed by atoms with Gasteiger partial charge in [0.1, 0.15) is 22.7 Å². The number of carboxylic acid groups (broad SMARTS) is 1.